The fourth-order valence-corrected chi connectivity index (χ4v) is 3.12. The number of nitrogens with one attached hydrogen (secondary N) is 1. The first-order chi connectivity index (χ1) is 13.9. The number of allylic oxidation sites excluding steroid dienone is 1. The van der Waals surface area contributed by atoms with Crippen LogP contribution in [0.5, 0.6) is 0 Å². The molecule has 2 rings (SSSR count). The molecule has 1 heterocycles. The van der Waals surface area contributed by atoms with Gasteiger partial charge in [-0.1, -0.05) is 48.0 Å². The third-order valence-corrected chi connectivity index (χ3v) is 4.92. The lowest BCUT2D eigenvalue weighted by Crippen LogP contribution is -2.24. The molecule has 4 nitrogen and oxygen atoms in total. The standard InChI is InChI=1S/C25H33N3O/c1-6-22(23-13-9-19(2)10-14-23)16-24(25(29)28(4)5)8-7-15-26-17-21-12-11-20(3)27-18-21/h6,8-14,18,22,26H,1,7,15-17H2,2-5H3/b24-8+. The number of nitrogens with zero attached hydrogens (tertiary/aromatic N) is 2. The van der Waals surface area contributed by atoms with Crippen LogP contribution in [-0.4, -0.2) is 36.4 Å². The van der Waals surface area contributed by atoms with Crippen molar-refractivity contribution in [1.29, 1.82) is 0 Å². The van der Waals surface area contributed by atoms with Gasteiger partial charge in [0.15, 0.2) is 0 Å². The Kier molecular flexibility index (Phi) is 8.81. The van der Waals surface area contributed by atoms with Crippen molar-refractivity contribution in [2.45, 2.75) is 39.2 Å². The molecular weight excluding hydrogens is 358 g/mol. The van der Waals surface area contributed by atoms with E-state index in [0.717, 1.165) is 36.3 Å². The third kappa shape index (κ3) is 7.31. The minimum atomic E-state index is 0.0618. The number of carbonyl (C=O) groups is 1. The third-order valence-electron chi connectivity index (χ3n) is 4.92. The summed E-state index contributed by atoms with van der Waals surface area (Å²) in [4.78, 5) is 18.7. The zero-order valence-corrected chi connectivity index (χ0v) is 18.1. The number of rotatable bonds is 10. The van der Waals surface area contributed by atoms with Crippen LogP contribution in [-0.2, 0) is 11.3 Å². The van der Waals surface area contributed by atoms with Crippen LogP contribution >= 0.6 is 0 Å². The minimum absolute atomic E-state index is 0.0618. The molecule has 2 aromatic rings. The molecular formula is C25H33N3O. The van der Waals surface area contributed by atoms with Crippen LogP contribution in [0.2, 0.25) is 0 Å². The first-order valence-corrected chi connectivity index (χ1v) is 10.1. The van der Waals surface area contributed by atoms with E-state index < -0.39 is 0 Å². The molecule has 0 aliphatic carbocycles. The van der Waals surface area contributed by atoms with Crippen LogP contribution in [0.4, 0.5) is 0 Å². The van der Waals surface area contributed by atoms with Gasteiger partial charge < -0.3 is 10.2 Å². The molecule has 154 valence electrons. The van der Waals surface area contributed by atoms with Gasteiger partial charge in [-0.3, -0.25) is 9.78 Å². The molecule has 1 atom stereocenters. The van der Waals surface area contributed by atoms with E-state index in [0.29, 0.717) is 6.42 Å². The number of hydrogen-bond acceptors (Lipinski definition) is 3. The Balaban J connectivity index is 1.98. The lowest BCUT2D eigenvalue weighted by Gasteiger charge is -2.19. The first kappa shape index (κ1) is 22.6. The van der Waals surface area contributed by atoms with Gasteiger partial charge in [0, 0.05) is 44.0 Å². The van der Waals surface area contributed by atoms with Gasteiger partial charge in [0.2, 0.25) is 5.91 Å². The number of aromatic nitrogens is 1. The molecule has 0 aliphatic rings. The summed E-state index contributed by atoms with van der Waals surface area (Å²) < 4.78 is 0. The topological polar surface area (TPSA) is 45.2 Å². The lowest BCUT2D eigenvalue weighted by atomic mass is 9.90. The van der Waals surface area contributed by atoms with E-state index in [1.807, 2.05) is 25.3 Å². The molecule has 0 radical (unpaired) electrons. The number of carbonyl (C=O) groups excluding carboxylic acids is 1. The van der Waals surface area contributed by atoms with Crippen molar-refractivity contribution in [2.75, 3.05) is 20.6 Å². The summed E-state index contributed by atoms with van der Waals surface area (Å²) in [7, 11) is 3.60. The number of likely N-dealkylation sites (N-methyl/N-ethyl adjacent to an activating group) is 1. The van der Waals surface area contributed by atoms with Crippen molar-refractivity contribution in [3.8, 4) is 0 Å². The van der Waals surface area contributed by atoms with E-state index in [1.54, 1.807) is 19.0 Å². The SMILES string of the molecule is C=CC(C/C(=C\CCNCc1ccc(C)nc1)C(=O)N(C)C)c1ccc(C)cc1. The maximum absolute atomic E-state index is 12.7. The van der Waals surface area contributed by atoms with Gasteiger partial charge in [0.1, 0.15) is 0 Å². The molecule has 1 N–H and O–H groups in total. The second-order valence-corrected chi connectivity index (χ2v) is 7.66. The number of benzene rings is 1. The van der Waals surface area contributed by atoms with Gasteiger partial charge in [-0.25, -0.2) is 0 Å². The monoisotopic (exact) mass is 391 g/mol. The molecule has 4 heteroatoms. The highest BCUT2D eigenvalue weighted by Crippen LogP contribution is 2.26. The maximum Gasteiger partial charge on any atom is 0.248 e. The maximum atomic E-state index is 12.7. The Labute approximate surface area is 175 Å². The highest BCUT2D eigenvalue weighted by atomic mass is 16.2. The molecule has 0 aliphatic heterocycles. The van der Waals surface area contributed by atoms with Gasteiger partial charge in [-0.05, 0) is 50.4 Å². The Bertz CT molecular complexity index is 820. The van der Waals surface area contributed by atoms with E-state index in [-0.39, 0.29) is 11.8 Å². The van der Waals surface area contributed by atoms with Gasteiger partial charge in [0.25, 0.3) is 0 Å². The predicted molar refractivity (Wildman–Crippen MR) is 121 cm³/mol. The van der Waals surface area contributed by atoms with E-state index >= 15 is 0 Å². The van der Waals surface area contributed by atoms with Crippen molar-refractivity contribution >= 4 is 5.91 Å². The summed E-state index contributed by atoms with van der Waals surface area (Å²) in [6, 6.07) is 12.6. The zero-order valence-electron chi connectivity index (χ0n) is 18.1. The van der Waals surface area contributed by atoms with Gasteiger partial charge in [0.05, 0.1) is 0 Å². The van der Waals surface area contributed by atoms with E-state index in [1.165, 1.54) is 11.1 Å². The van der Waals surface area contributed by atoms with Gasteiger partial charge >= 0.3 is 0 Å². The second kappa shape index (κ2) is 11.3. The second-order valence-electron chi connectivity index (χ2n) is 7.66. The van der Waals surface area contributed by atoms with Crippen molar-refractivity contribution in [3.05, 3.63) is 89.3 Å². The molecule has 1 amide bonds. The number of aryl methyl sites for hydroxylation is 2. The normalized spacial score (nSPS) is 12.5. The summed E-state index contributed by atoms with van der Waals surface area (Å²) in [6.07, 6.45) is 7.35. The van der Waals surface area contributed by atoms with Crippen molar-refractivity contribution in [2.24, 2.45) is 0 Å². The van der Waals surface area contributed by atoms with Crippen LogP contribution in [0.3, 0.4) is 0 Å². The highest BCUT2D eigenvalue weighted by Gasteiger charge is 2.17. The molecule has 1 aromatic heterocycles. The summed E-state index contributed by atoms with van der Waals surface area (Å²) in [5.74, 6) is 0.184. The van der Waals surface area contributed by atoms with Crippen molar-refractivity contribution < 1.29 is 4.79 Å². The van der Waals surface area contributed by atoms with E-state index in [4.69, 9.17) is 0 Å². The first-order valence-electron chi connectivity index (χ1n) is 10.1. The summed E-state index contributed by atoms with van der Waals surface area (Å²) in [6.45, 7) is 9.64. The smallest absolute Gasteiger partial charge is 0.248 e. The average molecular weight is 392 g/mol. The molecule has 1 aromatic carbocycles. The largest absolute Gasteiger partial charge is 0.345 e. The summed E-state index contributed by atoms with van der Waals surface area (Å²) >= 11 is 0. The molecule has 0 saturated carbocycles. The van der Waals surface area contributed by atoms with E-state index in [2.05, 4.69) is 60.2 Å². The Morgan fingerprint density at radius 1 is 1.17 bits per heavy atom. The molecule has 0 fully saturated rings. The van der Waals surface area contributed by atoms with Gasteiger partial charge in [-0.2, -0.15) is 0 Å². The number of hydrogen-bond donors (Lipinski definition) is 1. The molecule has 29 heavy (non-hydrogen) atoms. The zero-order chi connectivity index (χ0) is 21.2. The van der Waals surface area contributed by atoms with Crippen LogP contribution in [0.1, 0.15) is 41.1 Å². The van der Waals surface area contributed by atoms with Gasteiger partial charge in [-0.15, -0.1) is 6.58 Å². The summed E-state index contributed by atoms with van der Waals surface area (Å²) in [5.41, 5.74) is 5.43. The van der Waals surface area contributed by atoms with Crippen LogP contribution < -0.4 is 5.32 Å². The Hall–Kier alpha value is -2.72. The molecule has 0 saturated heterocycles. The quantitative estimate of drug-likeness (QED) is 0.367. The molecule has 0 bridgehead atoms. The lowest BCUT2D eigenvalue weighted by molar-refractivity contribution is -0.124. The predicted octanol–water partition coefficient (Wildman–Crippen LogP) is 4.55. The molecule has 1 unspecified atom stereocenters. The fourth-order valence-electron chi connectivity index (χ4n) is 3.12. The average Bonchev–Trinajstić information content (AvgIpc) is 2.71. The van der Waals surface area contributed by atoms with Crippen molar-refractivity contribution in [3.63, 3.8) is 0 Å². The van der Waals surface area contributed by atoms with Crippen LogP contribution in [0.15, 0.2) is 66.9 Å². The fraction of sp³-hybridized carbons (Fsp3) is 0.360. The molecule has 0 spiro atoms. The number of pyridine rings is 1. The van der Waals surface area contributed by atoms with Crippen LogP contribution in [0, 0.1) is 13.8 Å². The highest BCUT2D eigenvalue weighted by molar-refractivity contribution is 5.93. The number of amides is 1. The van der Waals surface area contributed by atoms with Crippen molar-refractivity contribution in [1.82, 2.24) is 15.2 Å². The Morgan fingerprint density at radius 3 is 2.48 bits per heavy atom. The van der Waals surface area contributed by atoms with E-state index in [9.17, 15) is 4.79 Å². The van der Waals surface area contributed by atoms with Crippen LogP contribution in [0.25, 0.3) is 0 Å². The Morgan fingerprint density at radius 2 is 1.90 bits per heavy atom. The summed E-state index contributed by atoms with van der Waals surface area (Å²) in [5, 5.41) is 3.42. The minimum Gasteiger partial charge on any atom is -0.345 e.